The molecule has 1 heterocycles. The number of β-amino-alcohol motifs (C(OH)–C–C–N with tert-alkyl or cyclic N) is 1. The van der Waals surface area contributed by atoms with Gasteiger partial charge in [0.15, 0.2) is 0 Å². The highest BCUT2D eigenvalue weighted by Crippen LogP contribution is 2.24. The molecule has 1 amide bonds. The highest BCUT2D eigenvalue weighted by molar-refractivity contribution is 14.1. The van der Waals surface area contributed by atoms with Crippen LogP contribution in [-0.2, 0) is 0 Å². The lowest BCUT2D eigenvalue weighted by atomic mass is 10.1. The summed E-state index contributed by atoms with van der Waals surface area (Å²) in [6, 6.07) is 4.11. The third-order valence-electron chi connectivity index (χ3n) is 2.90. The zero-order valence-electron chi connectivity index (χ0n) is 9.41. The number of carbonyl (C=O) groups is 1. The van der Waals surface area contributed by atoms with Crippen LogP contribution in [-0.4, -0.2) is 34.6 Å². The Balaban J connectivity index is 2.21. The van der Waals surface area contributed by atoms with E-state index >= 15 is 0 Å². The lowest BCUT2D eigenvalue weighted by molar-refractivity contribution is 0.0571. The Hall–Kier alpha value is -0.690. The number of nitrogens with zero attached hydrogens (tertiary/aromatic N) is 1. The van der Waals surface area contributed by atoms with E-state index in [1.807, 2.05) is 22.6 Å². The average molecular weight is 349 g/mol. The Labute approximate surface area is 113 Å². The highest BCUT2D eigenvalue weighted by Gasteiger charge is 2.34. The summed E-state index contributed by atoms with van der Waals surface area (Å²) in [5.41, 5.74) is -0.314. The van der Waals surface area contributed by atoms with Gasteiger partial charge in [0.05, 0.1) is 11.2 Å². The number of hydrogen-bond donors (Lipinski definition) is 1. The monoisotopic (exact) mass is 349 g/mol. The lowest BCUT2D eigenvalue weighted by Crippen LogP contribution is -2.34. The maximum absolute atomic E-state index is 12.9. The first-order chi connectivity index (χ1) is 7.89. The third kappa shape index (κ3) is 2.77. The van der Waals surface area contributed by atoms with Gasteiger partial charge in [0.25, 0.3) is 5.91 Å². The second-order valence-electron chi connectivity index (χ2n) is 4.60. The summed E-state index contributed by atoms with van der Waals surface area (Å²) < 4.78 is 13.5. The van der Waals surface area contributed by atoms with Gasteiger partial charge in [-0.05, 0) is 54.1 Å². The summed E-state index contributed by atoms with van der Waals surface area (Å²) >= 11 is 1.95. The number of likely N-dealkylation sites (tertiary alicyclic amines) is 1. The average Bonchev–Trinajstić information content (AvgIpc) is 2.58. The van der Waals surface area contributed by atoms with Gasteiger partial charge in [0.1, 0.15) is 5.82 Å². The lowest BCUT2D eigenvalue weighted by Gasteiger charge is -2.19. The van der Waals surface area contributed by atoms with Crippen molar-refractivity contribution in [2.45, 2.75) is 18.9 Å². The maximum atomic E-state index is 12.9. The van der Waals surface area contributed by atoms with Crippen molar-refractivity contribution in [2.75, 3.05) is 13.1 Å². The molecule has 1 atom stereocenters. The van der Waals surface area contributed by atoms with Crippen molar-refractivity contribution < 1.29 is 14.3 Å². The molecule has 5 heteroatoms. The SMILES string of the molecule is CC1(O)CCN(C(=O)c2ccc(F)cc2I)C1. The minimum Gasteiger partial charge on any atom is -0.388 e. The number of carbonyl (C=O) groups excluding carboxylic acids is 1. The molecular weight excluding hydrogens is 336 g/mol. The summed E-state index contributed by atoms with van der Waals surface area (Å²) in [5.74, 6) is -0.494. The van der Waals surface area contributed by atoms with Gasteiger partial charge in [-0.15, -0.1) is 0 Å². The van der Waals surface area contributed by atoms with Gasteiger partial charge in [-0.1, -0.05) is 0 Å². The van der Waals surface area contributed by atoms with E-state index in [0.29, 0.717) is 28.6 Å². The molecule has 1 unspecified atom stereocenters. The molecule has 0 aliphatic carbocycles. The van der Waals surface area contributed by atoms with E-state index in [9.17, 15) is 14.3 Å². The van der Waals surface area contributed by atoms with Gasteiger partial charge in [-0.3, -0.25) is 4.79 Å². The van der Waals surface area contributed by atoms with Crippen LogP contribution in [0, 0.1) is 9.39 Å². The van der Waals surface area contributed by atoms with E-state index < -0.39 is 5.60 Å². The topological polar surface area (TPSA) is 40.5 Å². The van der Waals surface area contributed by atoms with Crippen LogP contribution in [0.25, 0.3) is 0 Å². The Kier molecular flexibility index (Phi) is 3.40. The van der Waals surface area contributed by atoms with Crippen molar-refractivity contribution in [3.63, 3.8) is 0 Å². The first-order valence-electron chi connectivity index (χ1n) is 5.36. The summed E-state index contributed by atoms with van der Waals surface area (Å²) in [7, 11) is 0. The van der Waals surface area contributed by atoms with Crippen LogP contribution in [0.4, 0.5) is 4.39 Å². The van der Waals surface area contributed by atoms with Gasteiger partial charge < -0.3 is 10.0 Å². The Morgan fingerprint density at radius 2 is 2.29 bits per heavy atom. The molecule has 1 aromatic rings. The number of halogens is 2. The molecule has 0 spiro atoms. The zero-order valence-corrected chi connectivity index (χ0v) is 11.6. The van der Waals surface area contributed by atoms with Crippen LogP contribution in [0.1, 0.15) is 23.7 Å². The van der Waals surface area contributed by atoms with Gasteiger partial charge in [-0.25, -0.2) is 4.39 Å². The minimum absolute atomic E-state index is 0.146. The molecule has 0 radical (unpaired) electrons. The predicted molar refractivity (Wildman–Crippen MR) is 70.3 cm³/mol. The van der Waals surface area contributed by atoms with Gasteiger partial charge >= 0.3 is 0 Å². The third-order valence-corrected chi connectivity index (χ3v) is 3.79. The minimum atomic E-state index is -0.804. The standard InChI is InChI=1S/C12H13FINO2/c1-12(17)4-5-15(7-12)11(16)9-3-2-8(13)6-10(9)14/h2-3,6,17H,4-5,7H2,1H3. The second-order valence-corrected chi connectivity index (χ2v) is 5.76. The first-order valence-corrected chi connectivity index (χ1v) is 6.44. The zero-order chi connectivity index (χ0) is 12.6. The first kappa shape index (κ1) is 12.8. The fraction of sp³-hybridized carbons (Fsp3) is 0.417. The fourth-order valence-electron chi connectivity index (χ4n) is 1.95. The molecule has 1 aliphatic rings. The predicted octanol–water partition coefficient (Wildman–Crippen LogP) is 2.03. The van der Waals surface area contributed by atoms with E-state index in [4.69, 9.17) is 0 Å². The number of benzene rings is 1. The summed E-state index contributed by atoms with van der Waals surface area (Å²) in [4.78, 5) is 13.8. The van der Waals surface area contributed by atoms with Crippen molar-refractivity contribution in [3.05, 3.63) is 33.1 Å². The molecule has 0 saturated carbocycles. The molecule has 3 nitrogen and oxygen atoms in total. The van der Waals surface area contributed by atoms with Crippen LogP contribution >= 0.6 is 22.6 Å². The van der Waals surface area contributed by atoms with Gasteiger partial charge in [0.2, 0.25) is 0 Å². The van der Waals surface area contributed by atoms with E-state index in [1.165, 1.54) is 18.2 Å². The van der Waals surface area contributed by atoms with Crippen LogP contribution in [0.5, 0.6) is 0 Å². The number of aliphatic hydroxyl groups is 1. The maximum Gasteiger partial charge on any atom is 0.255 e. The van der Waals surface area contributed by atoms with Gasteiger partial charge in [-0.2, -0.15) is 0 Å². The quantitative estimate of drug-likeness (QED) is 0.789. The Morgan fingerprint density at radius 1 is 1.59 bits per heavy atom. The van der Waals surface area contributed by atoms with E-state index in [2.05, 4.69) is 0 Å². The second kappa shape index (κ2) is 4.53. The smallest absolute Gasteiger partial charge is 0.255 e. The van der Waals surface area contributed by atoms with Crippen LogP contribution in [0.15, 0.2) is 18.2 Å². The van der Waals surface area contributed by atoms with E-state index in [-0.39, 0.29) is 11.7 Å². The number of rotatable bonds is 1. The molecule has 17 heavy (non-hydrogen) atoms. The molecule has 1 aliphatic heterocycles. The van der Waals surface area contributed by atoms with E-state index in [1.54, 1.807) is 11.8 Å². The van der Waals surface area contributed by atoms with Crippen LogP contribution in [0.3, 0.4) is 0 Å². The normalized spacial score (nSPS) is 24.1. The molecule has 92 valence electrons. The molecule has 1 saturated heterocycles. The van der Waals surface area contributed by atoms with Crippen LogP contribution < -0.4 is 0 Å². The van der Waals surface area contributed by atoms with Gasteiger partial charge in [0, 0.05) is 16.7 Å². The summed E-state index contributed by atoms with van der Waals surface area (Å²) in [6.07, 6.45) is 0.580. The molecular formula is C12H13FINO2. The molecule has 0 bridgehead atoms. The van der Waals surface area contributed by atoms with E-state index in [0.717, 1.165) is 0 Å². The number of hydrogen-bond acceptors (Lipinski definition) is 2. The van der Waals surface area contributed by atoms with Crippen molar-refractivity contribution in [1.29, 1.82) is 0 Å². The highest BCUT2D eigenvalue weighted by atomic mass is 127. The molecule has 1 fully saturated rings. The summed E-state index contributed by atoms with van der Waals surface area (Å²) in [6.45, 7) is 2.59. The molecule has 1 N–H and O–H groups in total. The van der Waals surface area contributed by atoms with Crippen molar-refractivity contribution in [1.82, 2.24) is 4.90 Å². The molecule has 2 rings (SSSR count). The number of amides is 1. The van der Waals surface area contributed by atoms with Crippen LogP contribution in [0.2, 0.25) is 0 Å². The molecule has 1 aromatic carbocycles. The fourth-order valence-corrected chi connectivity index (χ4v) is 2.66. The van der Waals surface area contributed by atoms with Crippen molar-refractivity contribution in [2.24, 2.45) is 0 Å². The Bertz CT molecular complexity index is 462. The Morgan fingerprint density at radius 3 is 2.82 bits per heavy atom. The largest absolute Gasteiger partial charge is 0.388 e. The molecule has 0 aromatic heterocycles. The van der Waals surface area contributed by atoms with Crippen molar-refractivity contribution in [3.8, 4) is 0 Å². The summed E-state index contributed by atoms with van der Waals surface area (Å²) in [5, 5.41) is 9.82. The van der Waals surface area contributed by atoms with Crippen molar-refractivity contribution >= 4 is 28.5 Å².